The molecule has 0 aliphatic carbocycles. The molecule has 0 aromatic heterocycles. The summed E-state index contributed by atoms with van der Waals surface area (Å²) in [5.41, 5.74) is 5.86. The van der Waals surface area contributed by atoms with Crippen LogP contribution < -0.4 is 5.73 Å². The Morgan fingerprint density at radius 2 is 2.00 bits per heavy atom. The third-order valence-corrected chi connectivity index (χ3v) is 5.34. The van der Waals surface area contributed by atoms with Crippen molar-refractivity contribution in [2.45, 2.75) is 11.8 Å². The maximum atomic E-state index is 12.4. The van der Waals surface area contributed by atoms with E-state index in [-0.39, 0.29) is 29.6 Å². The Hall–Kier alpha value is -1.60. The fourth-order valence-corrected chi connectivity index (χ4v) is 3.98. The first-order valence-electron chi connectivity index (χ1n) is 5.91. The van der Waals surface area contributed by atoms with E-state index in [1.54, 1.807) is 19.1 Å². The average Bonchev–Trinajstić information content (AvgIpc) is 2.72. The van der Waals surface area contributed by atoms with Crippen LogP contribution >= 0.6 is 0 Å². The molecule has 0 unspecified atom stereocenters. The van der Waals surface area contributed by atoms with E-state index in [0.29, 0.717) is 0 Å². The number of aliphatic carboxylic acids is 1. The largest absolute Gasteiger partial charge is 0.481 e. The van der Waals surface area contributed by atoms with Crippen LogP contribution in [0.15, 0.2) is 29.2 Å². The summed E-state index contributed by atoms with van der Waals surface area (Å²) >= 11 is 0. The number of para-hydroxylation sites is 1. The summed E-state index contributed by atoms with van der Waals surface area (Å²) in [5, 5.41) is 9.05. The SMILES string of the molecule is C[C@@H]1CN(S(=O)(=O)c2ccccc2N)C[C@H]1C(=O)O. The van der Waals surface area contributed by atoms with Crippen LogP contribution in [0.3, 0.4) is 0 Å². The molecule has 0 bridgehead atoms. The summed E-state index contributed by atoms with van der Waals surface area (Å²) in [4.78, 5) is 11.1. The highest BCUT2D eigenvalue weighted by Gasteiger charge is 2.41. The van der Waals surface area contributed by atoms with Crippen molar-refractivity contribution in [2.24, 2.45) is 11.8 Å². The third-order valence-electron chi connectivity index (χ3n) is 3.43. The Kier molecular flexibility index (Phi) is 3.51. The molecule has 19 heavy (non-hydrogen) atoms. The van der Waals surface area contributed by atoms with Crippen molar-refractivity contribution in [2.75, 3.05) is 18.8 Å². The highest BCUT2D eigenvalue weighted by Crippen LogP contribution is 2.30. The summed E-state index contributed by atoms with van der Waals surface area (Å²) < 4.78 is 26.0. The first-order valence-corrected chi connectivity index (χ1v) is 7.35. The van der Waals surface area contributed by atoms with Crippen molar-refractivity contribution in [1.29, 1.82) is 0 Å². The normalized spacial score (nSPS) is 24.5. The topological polar surface area (TPSA) is 101 Å². The number of carbonyl (C=O) groups is 1. The number of anilines is 1. The minimum absolute atomic E-state index is 0.00678. The monoisotopic (exact) mass is 284 g/mol. The Bertz CT molecular complexity index is 600. The molecule has 104 valence electrons. The van der Waals surface area contributed by atoms with Crippen molar-refractivity contribution < 1.29 is 18.3 Å². The maximum Gasteiger partial charge on any atom is 0.308 e. The quantitative estimate of drug-likeness (QED) is 0.792. The molecule has 3 N–H and O–H groups in total. The minimum atomic E-state index is -3.72. The van der Waals surface area contributed by atoms with Crippen molar-refractivity contribution >= 4 is 21.7 Å². The van der Waals surface area contributed by atoms with Gasteiger partial charge in [0.05, 0.1) is 11.6 Å². The van der Waals surface area contributed by atoms with Crippen LogP contribution in [0, 0.1) is 11.8 Å². The Morgan fingerprint density at radius 1 is 1.37 bits per heavy atom. The molecule has 1 aliphatic rings. The van der Waals surface area contributed by atoms with E-state index < -0.39 is 21.9 Å². The molecule has 1 aliphatic heterocycles. The average molecular weight is 284 g/mol. The molecule has 1 saturated heterocycles. The fraction of sp³-hybridized carbons (Fsp3) is 0.417. The summed E-state index contributed by atoms with van der Waals surface area (Å²) in [6, 6.07) is 6.20. The predicted molar refractivity (Wildman–Crippen MR) is 69.9 cm³/mol. The number of hydrogen-bond acceptors (Lipinski definition) is 4. The van der Waals surface area contributed by atoms with Gasteiger partial charge in [-0.2, -0.15) is 4.31 Å². The van der Waals surface area contributed by atoms with Gasteiger partial charge in [0.25, 0.3) is 0 Å². The predicted octanol–water partition coefficient (Wildman–Crippen LogP) is 0.610. The van der Waals surface area contributed by atoms with E-state index in [9.17, 15) is 13.2 Å². The van der Waals surface area contributed by atoms with Crippen molar-refractivity contribution in [3.63, 3.8) is 0 Å². The van der Waals surface area contributed by atoms with E-state index in [2.05, 4.69) is 0 Å². The van der Waals surface area contributed by atoms with E-state index in [1.807, 2.05) is 0 Å². The zero-order valence-corrected chi connectivity index (χ0v) is 11.3. The molecule has 0 radical (unpaired) electrons. The van der Waals surface area contributed by atoms with Gasteiger partial charge in [-0.15, -0.1) is 0 Å². The number of hydrogen-bond donors (Lipinski definition) is 2. The fourth-order valence-electron chi connectivity index (χ4n) is 2.29. The van der Waals surface area contributed by atoms with Crippen LogP contribution in [-0.2, 0) is 14.8 Å². The van der Waals surface area contributed by atoms with Crippen LogP contribution in [-0.4, -0.2) is 36.9 Å². The van der Waals surface area contributed by atoms with Gasteiger partial charge in [0.2, 0.25) is 10.0 Å². The lowest BCUT2D eigenvalue weighted by Crippen LogP contribution is -2.30. The molecular weight excluding hydrogens is 268 g/mol. The smallest absolute Gasteiger partial charge is 0.308 e. The highest BCUT2D eigenvalue weighted by molar-refractivity contribution is 7.89. The molecule has 1 fully saturated rings. The number of nitrogen functional groups attached to an aromatic ring is 1. The second-order valence-electron chi connectivity index (χ2n) is 4.78. The van der Waals surface area contributed by atoms with Crippen LogP contribution in [0.25, 0.3) is 0 Å². The van der Waals surface area contributed by atoms with Crippen LogP contribution in [0.4, 0.5) is 5.69 Å². The van der Waals surface area contributed by atoms with Gasteiger partial charge >= 0.3 is 5.97 Å². The molecule has 2 rings (SSSR count). The first kappa shape index (κ1) is 13.8. The molecule has 0 saturated carbocycles. The summed E-state index contributed by atoms with van der Waals surface area (Å²) in [7, 11) is -3.72. The van der Waals surface area contributed by atoms with Crippen LogP contribution in [0.2, 0.25) is 0 Å². The lowest BCUT2D eigenvalue weighted by Gasteiger charge is -2.17. The Labute approximate surface area is 111 Å². The molecule has 1 heterocycles. The molecule has 1 aromatic rings. The number of nitrogens with two attached hydrogens (primary N) is 1. The van der Waals surface area contributed by atoms with E-state index >= 15 is 0 Å². The number of carboxylic acid groups (broad SMARTS) is 1. The van der Waals surface area contributed by atoms with Gasteiger partial charge in [0.15, 0.2) is 0 Å². The number of benzene rings is 1. The zero-order chi connectivity index (χ0) is 14.2. The van der Waals surface area contributed by atoms with Gasteiger partial charge in [-0.1, -0.05) is 19.1 Å². The molecule has 2 atom stereocenters. The molecule has 0 spiro atoms. The van der Waals surface area contributed by atoms with E-state index in [0.717, 1.165) is 0 Å². The molecule has 6 nitrogen and oxygen atoms in total. The lowest BCUT2D eigenvalue weighted by atomic mass is 9.99. The van der Waals surface area contributed by atoms with Gasteiger partial charge in [-0.05, 0) is 18.1 Å². The maximum absolute atomic E-state index is 12.4. The van der Waals surface area contributed by atoms with Gasteiger partial charge in [-0.3, -0.25) is 4.79 Å². The number of carboxylic acids is 1. The number of sulfonamides is 1. The summed E-state index contributed by atoms with van der Waals surface area (Å²) in [5.74, 6) is -1.84. The van der Waals surface area contributed by atoms with Crippen molar-refractivity contribution in [3.05, 3.63) is 24.3 Å². The Morgan fingerprint density at radius 3 is 2.53 bits per heavy atom. The Balaban J connectivity index is 2.33. The van der Waals surface area contributed by atoms with E-state index in [1.165, 1.54) is 16.4 Å². The van der Waals surface area contributed by atoms with Crippen LogP contribution in [0.5, 0.6) is 0 Å². The third kappa shape index (κ3) is 2.43. The zero-order valence-electron chi connectivity index (χ0n) is 10.5. The second-order valence-corrected chi connectivity index (χ2v) is 6.69. The second kappa shape index (κ2) is 4.82. The number of rotatable bonds is 3. The summed E-state index contributed by atoms with van der Waals surface area (Å²) in [6.45, 7) is 1.93. The van der Waals surface area contributed by atoms with Gasteiger partial charge in [-0.25, -0.2) is 8.42 Å². The van der Waals surface area contributed by atoms with Gasteiger partial charge in [0, 0.05) is 13.1 Å². The lowest BCUT2D eigenvalue weighted by molar-refractivity contribution is -0.142. The standard InChI is InChI=1S/C12H16N2O4S/c1-8-6-14(7-9(8)12(15)16)19(17,18)11-5-3-2-4-10(11)13/h2-5,8-9H,6-7,13H2,1H3,(H,15,16)/t8-,9-/m1/s1. The van der Waals surface area contributed by atoms with Crippen LogP contribution in [0.1, 0.15) is 6.92 Å². The van der Waals surface area contributed by atoms with Crippen molar-refractivity contribution in [1.82, 2.24) is 4.31 Å². The minimum Gasteiger partial charge on any atom is -0.481 e. The van der Waals surface area contributed by atoms with E-state index in [4.69, 9.17) is 10.8 Å². The van der Waals surface area contributed by atoms with Crippen molar-refractivity contribution in [3.8, 4) is 0 Å². The molecular formula is C12H16N2O4S. The molecule has 7 heteroatoms. The first-order chi connectivity index (χ1) is 8.84. The highest BCUT2D eigenvalue weighted by atomic mass is 32.2. The molecule has 1 aromatic carbocycles. The number of nitrogens with zero attached hydrogens (tertiary/aromatic N) is 1. The van der Waals surface area contributed by atoms with Gasteiger partial charge in [0.1, 0.15) is 4.90 Å². The summed E-state index contributed by atoms with van der Waals surface area (Å²) in [6.07, 6.45) is 0. The van der Waals surface area contributed by atoms with Gasteiger partial charge < -0.3 is 10.8 Å². The molecule has 0 amide bonds.